The lowest BCUT2D eigenvalue weighted by atomic mass is 9.82. The summed E-state index contributed by atoms with van der Waals surface area (Å²) in [6.45, 7) is 2.40. The van der Waals surface area contributed by atoms with Crippen LogP contribution in [0.2, 0.25) is 0 Å². The SMILES string of the molecule is CC1CCC(C2CS2)CC1. The van der Waals surface area contributed by atoms with E-state index in [0.717, 1.165) is 17.1 Å². The van der Waals surface area contributed by atoms with E-state index in [0.29, 0.717) is 0 Å². The summed E-state index contributed by atoms with van der Waals surface area (Å²) in [5.41, 5.74) is 0. The summed E-state index contributed by atoms with van der Waals surface area (Å²) >= 11 is 2.18. The van der Waals surface area contributed by atoms with Crippen molar-refractivity contribution in [3.8, 4) is 0 Å². The molecule has 0 bridgehead atoms. The number of rotatable bonds is 1. The van der Waals surface area contributed by atoms with Crippen molar-refractivity contribution >= 4 is 11.8 Å². The van der Waals surface area contributed by atoms with Crippen molar-refractivity contribution in [3.05, 3.63) is 0 Å². The van der Waals surface area contributed by atoms with Gasteiger partial charge < -0.3 is 0 Å². The summed E-state index contributed by atoms with van der Waals surface area (Å²) in [6.07, 6.45) is 6.06. The highest BCUT2D eigenvalue weighted by Crippen LogP contribution is 2.44. The highest BCUT2D eigenvalue weighted by atomic mass is 32.2. The number of thioether (sulfide) groups is 1. The van der Waals surface area contributed by atoms with Crippen molar-refractivity contribution in [2.24, 2.45) is 11.8 Å². The monoisotopic (exact) mass is 156 g/mol. The molecule has 1 heteroatoms. The van der Waals surface area contributed by atoms with Gasteiger partial charge in [0.05, 0.1) is 0 Å². The molecule has 0 aromatic rings. The van der Waals surface area contributed by atoms with Crippen molar-refractivity contribution in [3.63, 3.8) is 0 Å². The molecule has 0 amide bonds. The summed E-state index contributed by atoms with van der Waals surface area (Å²) in [4.78, 5) is 0. The normalized spacial score (nSPS) is 47.1. The van der Waals surface area contributed by atoms with Crippen molar-refractivity contribution < 1.29 is 0 Å². The van der Waals surface area contributed by atoms with Crippen LogP contribution in [0, 0.1) is 11.8 Å². The van der Waals surface area contributed by atoms with E-state index >= 15 is 0 Å². The second-order valence-electron chi connectivity index (χ2n) is 3.89. The maximum absolute atomic E-state index is 2.40. The van der Waals surface area contributed by atoms with E-state index in [2.05, 4.69) is 18.7 Å². The van der Waals surface area contributed by atoms with Crippen molar-refractivity contribution in [1.82, 2.24) is 0 Å². The molecule has 1 aliphatic carbocycles. The molecule has 0 N–H and O–H groups in total. The fourth-order valence-corrected chi connectivity index (χ4v) is 2.91. The van der Waals surface area contributed by atoms with Crippen LogP contribution in [0.5, 0.6) is 0 Å². The van der Waals surface area contributed by atoms with Gasteiger partial charge in [0.2, 0.25) is 0 Å². The third-order valence-corrected chi connectivity index (χ3v) is 4.05. The standard InChI is InChI=1S/C9H16S/c1-7-2-4-8(5-3-7)9-6-10-9/h7-9H,2-6H2,1H3. The van der Waals surface area contributed by atoms with Crippen LogP contribution in [0.1, 0.15) is 32.6 Å². The molecule has 0 aromatic carbocycles. The van der Waals surface area contributed by atoms with Crippen LogP contribution in [0.3, 0.4) is 0 Å². The lowest BCUT2D eigenvalue weighted by Gasteiger charge is -2.25. The molecule has 1 atom stereocenters. The second-order valence-corrected chi connectivity index (χ2v) is 5.16. The minimum absolute atomic E-state index is 1.03. The molecule has 2 rings (SSSR count). The lowest BCUT2D eigenvalue weighted by Crippen LogP contribution is -2.15. The molecular weight excluding hydrogens is 140 g/mol. The second kappa shape index (κ2) is 2.77. The Labute approximate surface area is 67.8 Å². The van der Waals surface area contributed by atoms with E-state index in [1.54, 1.807) is 0 Å². The molecule has 10 heavy (non-hydrogen) atoms. The van der Waals surface area contributed by atoms with Crippen LogP contribution in [-0.4, -0.2) is 11.0 Å². The smallest absolute Gasteiger partial charge is 0.0166 e. The van der Waals surface area contributed by atoms with Crippen LogP contribution in [-0.2, 0) is 0 Å². The first-order valence-electron chi connectivity index (χ1n) is 4.48. The van der Waals surface area contributed by atoms with Gasteiger partial charge in [-0.25, -0.2) is 0 Å². The molecular formula is C9H16S. The van der Waals surface area contributed by atoms with Gasteiger partial charge in [0.15, 0.2) is 0 Å². The molecule has 0 aromatic heterocycles. The van der Waals surface area contributed by atoms with Crippen LogP contribution < -0.4 is 0 Å². The van der Waals surface area contributed by atoms with Gasteiger partial charge in [-0.3, -0.25) is 0 Å². The predicted molar refractivity (Wildman–Crippen MR) is 47.4 cm³/mol. The van der Waals surface area contributed by atoms with Crippen LogP contribution in [0.15, 0.2) is 0 Å². The van der Waals surface area contributed by atoms with E-state index in [9.17, 15) is 0 Å². The third-order valence-electron chi connectivity index (χ3n) is 2.95. The number of hydrogen-bond donors (Lipinski definition) is 0. The van der Waals surface area contributed by atoms with E-state index in [1.807, 2.05) is 0 Å². The van der Waals surface area contributed by atoms with Gasteiger partial charge in [0, 0.05) is 11.0 Å². The Morgan fingerprint density at radius 2 is 1.70 bits per heavy atom. The molecule has 1 heterocycles. The van der Waals surface area contributed by atoms with Gasteiger partial charge in [0.1, 0.15) is 0 Å². The molecule has 0 nitrogen and oxygen atoms in total. The van der Waals surface area contributed by atoms with Crippen LogP contribution >= 0.6 is 11.8 Å². The van der Waals surface area contributed by atoms with Gasteiger partial charge in [-0.15, -0.1) is 0 Å². The van der Waals surface area contributed by atoms with Crippen molar-refractivity contribution in [2.75, 3.05) is 5.75 Å². The van der Waals surface area contributed by atoms with Crippen LogP contribution in [0.4, 0.5) is 0 Å². The first kappa shape index (κ1) is 7.02. The maximum Gasteiger partial charge on any atom is 0.0166 e. The highest BCUT2D eigenvalue weighted by Gasteiger charge is 2.33. The first-order chi connectivity index (χ1) is 4.86. The third kappa shape index (κ3) is 1.50. The summed E-state index contributed by atoms with van der Waals surface area (Å²) in [7, 11) is 0. The van der Waals surface area contributed by atoms with Gasteiger partial charge >= 0.3 is 0 Å². The summed E-state index contributed by atoms with van der Waals surface area (Å²) < 4.78 is 0. The zero-order chi connectivity index (χ0) is 6.97. The fourth-order valence-electron chi connectivity index (χ4n) is 1.99. The van der Waals surface area contributed by atoms with Gasteiger partial charge in [-0.2, -0.15) is 11.8 Å². The number of hydrogen-bond acceptors (Lipinski definition) is 1. The lowest BCUT2D eigenvalue weighted by molar-refractivity contribution is 0.297. The molecule has 2 aliphatic rings. The Kier molecular flexibility index (Phi) is 1.94. The van der Waals surface area contributed by atoms with E-state index in [-0.39, 0.29) is 0 Å². The summed E-state index contributed by atoms with van der Waals surface area (Å²) in [6, 6.07) is 0. The summed E-state index contributed by atoms with van der Waals surface area (Å²) in [5, 5.41) is 1.09. The van der Waals surface area contributed by atoms with Gasteiger partial charge in [0.25, 0.3) is 0 Å². The Balaban J connectivity index is 1.79. The summed E-state index contributed by atoms with van der Waals surface area (Å²) in [5.74, 6) is 3.61. The maximum atomic E-state index is 2.40. The predicted octanol–water partition coefficient (Wildman–Crippen LogP) is 2.93. The highest BCUT2D eigenvalue weighted by molar-refractivity contribution is 8.06. The first-order valence-corrected chi connectivity index (χ1v) is 5.53. The largest absolute Gasteiger partial charge is 0.156 e. The quantitative estimate of drug-likeness (QED) is 0.526. The van der Waals surface area contributed by atoms with Crippen molar-refractivity contribution in [2.45, 2.75) is 37.9 Å². The van der Waals surface area contributed by atoms with E-state index < -0.39 is 0 Å². The zero-order valence-corrected chi connectivity index (χ0v) is 7.49. The minimum Gasteiger partial charge on any atom is -0.156 e. The molecule has 0 radical (unpaired) electrons. The molecule has 0 spiro atoms. The van der Waals surface area contributed by atoms with Gasteiger partial charge in [-0.05, 0) is 24.7 Å². The average Bonchev–Trinajstić information content (AvgIpc) is 2.71. The molecule has 1 unspecified atom stereocenters. The Hall–Kier alpha value is 0.350. The molecule has 2 fully saturated rings. The average molecular weight is 156 g/mol. The molecule has 1 saturated carbocycles. The molecule has 1 aliphatic heterocycles. The Bertz CT molecular complexity index is 110. The van der Waals surface area contributed by atoms with Crippen molar-refractivity contribution in [1.29, 1.82) is 0 Å². The topological polar surface area (TPSA) is 0 Å². The Morgan fingerprint density at radius 1 is 1.10 bits per heavy atom. The molecule has 1 saturated heterocycles. The van der Waals surface area contributed by atoms with Crippen LogP contribution in [0.25, 0.3) is 0 Å². The molecule has 58 valence electrons. The fraction of sp³-hybridized carbons (Fsp3) is 1.00. The van der Waals surface area contributed by atoms with E-state index in [1.165, 1.54) is 31.4 Å². The minimum atomic E-state index is 1.03. The Morgan fingerprint density at radius 3 is 2.20 bits per heavy atom. The van der Waals surface area contributed by atoms with E-state index in [4.69, 9.17) is 0 Å². The van der Waals surface area contributed by atoms with Gasteiger partial charge in [-0.1, -0.05) is 19.8 Å². The zero-order valence-electron chi connectivity index (χ0n) is 6.68.